The maximum absolute atomic E-state index is 11.8. The van der Waals surface area contributed by atoms with Crippen molar-refractivity contribution in [3.8, 4) is 0 Å². The zero-order valence-electron chi connectivity index (χ0n) is 10.9. The van der Waals surface area contributed by atoms with E-state index >= 15 is 0 Å². The Morgan fingerprint density at radius 1 is 1.22 bits per heavy atom. The van der Waals surface area contributed by atoms with Gasteiger partial charge in [-0.2, -0.15) is 0 Å². The lowest BCUT2D eigenvalue weighted by Crippen LogP contribution is -2.34. The van der Waals surface area contributed by atoms with E-state index in [2.05, 4.69) is 5.32 Å². The molecule has 1 amide bonds. The van der Waals surface area contributed by atoms with Crippen LogP contribution in [0.4, 0.5) is 5.69 Å². The number of nitrogens with zero attached hydrogens (tertiary/aromatic N) is 1. The van der Waals surface area contributed by atoms with E-state index in [1.807, 2.05) is 32.0 Å². The fourth-order valence-corrected chi connectivity index (χ4v) is 1.72. The number of anilines is 1. The summed E-state index contributed by atoms with van der Waals surface area (Å²) < 4.78 is 0. The fraction of sp³-hybridized carbons (Fsp3) is 0.385. The molecule has 0 bridgehead atoms. The summed E-state index contributed by atoms with van der Waals surface area (Å²) in [7, 11) is 1.60. The maximum Gasteiger partial charge on any atom is 0.317 e. The molecule has 0 saturated heterocycles. The predicted molar refractivity (Wildman–Crippen MR) is 69.7 cm³/mol. The van der Waals surface area contributed by atoms with Crippen molar-refractivity contribution < 1.29 is 14.7 Å². The maximum atomic E-state index is 11.8. The molecule has 0 atom stereocenters. The quantitative estimate of drug-likeness (QED) is 0.825. The molecule has 0 heterocycles. The van der Waals surface area contributed by atoms with Crippen molar-refractivity contribution in [1.29, 1.82) is 0 Å². The molecule has 0 radical (unpaired) electrons. The molecule has 0 aliphatic carbocycles. The normalized spacial score (nSPS) is 10.4. The van der Waals surface area contributed by atoms with E-state index in [4.69, 9.17) is 5.11 Å². The third kappa shape index (κ3) is 4.18. The van der Waals surface area contributed by atoms with Crippen LogP contribution in [0.1, 0.15) is 11.1 Å². The summed E-state index contributed by atoms with van der Waals surface area (Å²) in [4.78, 5) is 23.7. The number of aryl methyl sites for hydroxylation is 2. The van der Waals surface area contributed by atoms with Crippen LogP contribution in [0, 0.1) is 13.8 Å². The minimum atomic E-state index is -0.947. The molecule has 0 aromatic heterocycles. The molecule has 2 N–H and O–H groups in total. The summed E-state index contributed by atoms with van der Waals surface area (Å²) in [6.45, 7) is 3.74. The number of aliphatic carboxylic acids is 1. The van der Waals surface area contributed by atoms with Crippen molar-refractivity contribution in [2.75, 3.05) is 25.5 Å². The van der Waals surface area contributed by atoms with Crippen LogP contribution in [0.5, 0.6) is 0 Å². The van der Waals surface area contributed by atoms with Gasteiger partial charge in [0, 0.05) is 5.69 Å². The smallest absolute Gasteiger partial charge is 0.317 e. The molecule has 0 saturated carbocycles. The summed E-state index contributed by atoms with van der Waals surface area (Å²) in [5, 5.41) is 11.4. The second-order valence-electron chi connectivity index (χ2n) is 4.38. The standard InChI is InChI=1S/C13H18N2O3/c1-9-5-4-6-10(2)13(9)14-11(16)7-15(3)8-12(17)18/h4-6H,7-8H2,1-3H3,(H,14,16)(H,17,18). The molecule has 18 heavy (non-hydrogen) atoms. The summed E-state index contributed by atoms with van der Waals surface area (Å²) in [6, 6.07) is 5.77. The van der Waals surface area contributed by atoms with Gasteiger partial charge in [-0.05, 0) is 32.0 Å². The van der Waals surface area contributed by atoms with Crippen molar-refractivity contribution in [2.45, 2.75) is 13.8 Å². The van der Waals surface area contributed by atoms with Gasteiger partial charge < -0.3 is 10.4 Å². The molecule has 1 aromatic rings. The van der Waals surface area contributed by atoms with Crippen LogP contribution >= 0.6 is 0 Å². The van der Waals surface area contributed by atoms with Crippen LogP contribution in [0.3, 0.4) is 0 Å². The Kier molecular flexibility index (Phi) is 4.85. The highest BCUT2D eigenvalue weighted by atomic mass is 16.4. The van der Waals surface area contributed by atoms with Crippen LogP contribution in [-0.2, 0) is 9.59 Å². The van der Waals surface area contributed by atoms with Gasteiger partial charge in [0.1, 0.15) is 0 Å². The molecule has 0 aliphatic rings. The molecule has 5 heteroatoms. The van der Waals surface area contributed by atoms with Crippen LogP contribution in [0.25, 0.3) is 0 Å². The Morgan fingerprint density at radius 2 is 1.78 bits per heavy atom. The van der Waals surface area contributed by atoms with Gasteiger partial charge in [0.2, 0.25) is 5.91 Å². The number of carbonyl (C=O) groups excluding carboxylic acids is 1. The number of para-hydroxylation sites is 1. The first-order chi connectivity index (χ1) is 8.40. The average Bonchev–Trinajstić information content (AvgIpc) is 2.22. The molecule has 0 spiro atoms. The lowest BCUT2D eigenvalue weighted by Gasteiger charge is -2.15. The number of rotatable bonds is 5. The number of hydrogen-bond donors (Lipinski definition) is 2. The second kappa shape index (κ2) is 6.16. The zero-order chi connectivity index (χ0) is 13.7. The second-order valence-corrected chi connectivity index (χ2v) is 4.38. The first-order valence-electron chi connectivity index (χ1n) is 5.66. The highest BCUT2D eigenvalue weighted by Crippen LogP contribution is 2.19. The molecular formula is C13H18N2O3. The third-order valence-electron chi connectivity index (χ3n) is 2.56. The first-order valence-corrected chi connectivity index (χ1v) is 5.66. The van der Waals surface area contributed by atoms with E-state index in [-0.39, 0.29) is 19.0 Å². The number of nitrogens with one attached hydrogen (secondary N) is 1. The summed E-state index contributed by atoms with van der Waals surface area (Å²) in [5.41, 5.74) is 2.78. The van der Waals surface area contributed by atoms with Gasteiger partial charge in [-0.1, -0.05) is 18.2 Å². The lowest BCUT2D eigenvalue weighted by atomic mass is 10.1. The molecule has 1 aromatic carbocycles. The van der Waals surface area contributed by atoms with E-state index < -0.39 is 5.97 Å². The van der Waals surface area contributed by atoms with Crippen molar-refractivity contribution in [3.05, 3.63) is 29.3 Å². The molecule has 0 aliphatic heterocycles. The van der Waals surface area contributed by atoms with E-state index in [9.17, 15) is 9.59 Å². The first kappa shape index (κ1) is 14.2. The van der Waals surface area contributed by atoms with Crippen LogP contribution in [0.15, 0.2) is 18.2 Å². The summed E-state index contributed by atoms with van der Waals surface area (Å²) >= 11 is 0. The Bertz CT molecular complexity index is 437. The molecule has 98 valence electrons. The van der Waals surface area contributed by atoms with Crippen LogP contribution in [0.2, 0.25) is 0 Å². The topological polar surface area (TPSA) is 69.6 Å². The number of carboxylic acids is 1. The Morgan fingerprint density at radius 3 is 2.28 bits per heavy atom. The zero-order valence-corrected chi connectivity index (χ0v) is 10.9. The Hall–Kier alpha value is -1.88. The minimum Gasteiger partial charge on any atom is -0.480 e. The molecule has 5 nitrogen and oxygen atoms in total. The third-order valence-corrected chi connectivity index (χ3v) is 2.56. The van der Waals surface area contributed by atoms with Gasteiger partial charge in [0.15, 0.2) is 0 Å². The Labute approximate surface area is 106 Å². The fourth-order valence-electron chi connectivity index (χ4n) is 1.72. The SMILES string of the molecule is Cc1cccc(C)c1NC(=O)CN(C)CC(=O)O. The van der Waals surface area contributed by atoms with Crippen LogP contribution in [-0.4, -0.2) is 42.0 Å². The molecule has 1 rings (SSSR count). The van der Waals surface area contributed by atoms with Gasteiger partial charge in [-0.25, -0.2) is 0 Å². The lowest BCUT2D eigenvalue weighted by molar-refractivity contribution is -0.138. The van der Waals surface area contributed by atoms with Gasteiger partial charge in [0.25, 0.3) is 0 Å². The summed E-state index contributed by atoms with van der Waals surface area (Å²) in [6.07, 6.45) is 0. The molecule has 0 unspecified atom stereocenters. The highest BCUT2D eigenvalue weighted by molar-refractivity contribution is 5.93. The van der Waals surface area contributed by atoms with Gasteiger partial charge in [-0.15, -0.1) is 0 Å². The van der Waals surface area contributed by atoms with Crippen molar-refractivity contribution >= 4 is 17.6 Å². The van der Waals surface area contributed by atoms with Gasteiger partial charge >= 0.3 is 5.97 Å². The Balaban J connectivity index is 2.62. The number of hydrogen-bond acceptors (Lipinski definition) is 3. The van der Waals surface area contributed by atoms with Gasteiger partial charge in [-0.3, -0.25) is 14.5 Å². The van der Waals surface area contributed by atoms with E-state index in [1.165, 1.54) is 4.90 Å². The van der Waals surface area contributed by atoms with Crippen molar-refractivity contribution in [2.24, 2.45) is 0 Å². The van der Waals surface area contributed by atoms with E-state index in [0.717, 1.165) is 16.8 Å². The number of benzene rings is 1. The molecule has 0 fully saturated rings. The highest BCUT2D eigenvalue weighted by Gasteiger charge is 2.11. The number of likely N-dealkylation sites (N-methyl/N-ethyl adjacent to an activating group) is 1. The number of carbonyl (C=O) groups is 2. The average molecular weight is 250 g/mol. The number of amides is 1. The van der Waals surface area contributed by atoms with Gasteiger partial charge in [0.05, 0.1) is 13.1 Å². The monoisotopic (exact) mass is 250 g/mol. The van der Waals surface area contributed by atoms with E-state index in [1.54, 1.807) is 7.05 Å². The van der Waals surface area contributed by atoms with Crippen LogP contribution < -0.4 is 5.32 Å². The van der Waals surface area contributed by atoms with Crippen molar-refractivity contribution in [1.82, 2.24) is 4.90 Å². The molecular weight excluding hydrogens is 232 g/mol. The minimum absolute atomic E-state index is 0.0556. The number of carboxylic acid groups (broad SMARTS) is 1. The van der Waals surface area contributed by atoms with Crippen molar-refractivity contribution in [3.63, 3.8) is 0 Å². The summed E-state index contributed by atoms with van der Waals surface area (Å²) in [5.74, 6) is -1.16. The predicted octanol–water partition coefficient (Wildman–Crippen LogP) is 1.26. The van der Waals surface area contributed by atoms with E-state index in [0.29, 0.717) is 0 Å². The largest absolute Gasteiger partial charge is 0.480 e.